The van der Waals surface area contributed by atoms with Gasteiger partial charge in [0.1, 0.15) is 22.0 Å². The highest BCUT2D eigenvalue weighted by atomic mass is 32.1. The molecule has 8 heteroatoms. The van der Waals surface area contributed by atoms with Crippen molar-refractivity contribution >= 4 is 38.5 Å². The van der Waals surface area contributed by atoms with Crippen molar-refractivity contribution in [2.24, 2.45) is 5.92 Å². The second kappa shape index (κ2) is 9.68. The van der Waals surface area contributed by atoms with E-state index in [0.717, 1.165) is 65.9 Å². The maximum Gasteiger partial charge on any atom is 0.190 e. The molecular weight excluding hydrogens is 396 g/mol. The molecule has 0 radical (unpaired) electrons. The fraction of sp³-hybridized carbons (Fsp3) is 0.500. The zero-order valence-corrected chi connectivity index (χ0v) is 18.4. The summed E-state index contributed by atoms with van der Waals surface area (Å²) in [7, 11) is 0. The molecule has 1 aliphatic rings. The van der Waals surface area contributed by atoms with Gasteiger partial charge in [-0.3, -0.25) is 0 Å². The molecule has 0 aromatic carbocycles. The molecule has 4 rings (SSSR count). The monoisotopic (exact) mass is 426 g/mol. The summed E-state index contributed by atoms with van der Waals surface area (Å²) in [6.45, 7) is 6.17. The number of aliphatic hydroxyl groups is 1. The predicted molar refractivity (Wildman–Crippen MR) is 123 cm³/mol. The normalized spacial score (nSPS) is 19.3. The first-order valence-electron chi connectivity index (χ1n) is 10.7. The van der Waals surface area contributed by atoms with Gasteiger partial charge in [0.05, 0.1) is 6.10 Å². The van der Waals surface area contributed by atoms with E-state index in [4.69, 9.17) is 4.98 Å². The average Bonchev–Trinajstić information content (AvgIpc) is 3.11. The third kappa shape index (κ3) is 5.65. The second-order valence-electron chi connectivity index (χ2n) is 8.39. The first kappa shape index (κ1) is 21.0. The molecular formula is C22H30N6OS. The lowest BCUT2D eigenvalue weighted by Gasteiger charge is -2.27. The van der Waals surface area contributed by atoms with Crippen LogP contribution in [0.1, 0.15) is 45.1 Å². The molecule has 0 atom stereocenters. The van der Waals surface area contributed by atoms with Crippen molar-refractivity contribution < 1.29 is 5.11 Å². The van der Waals surface area contributed by atoms with Gasteiger partial charge in [-0.1, -0.05) is 25.2 Å². The van der Waals surface area contributed by atoms with Crippen LogP contribution in [-0.2, 0) is 6.54 Å². The van der Waals surface area contributed by atoms with Gasteiger partial charge in [0.2, 0.25) is 0 Å². The van der Waals surface area contributed by atoms with Crippen LogP contribution in [0, 0.1) is 5.92 Å². The van der Waals surface area contributed by atoms with Crippen LogP contribution in [0.5, 0.6) is 0 Å². The Morgan fingerprint density at radius 2 is 1.93 bits per heavy atom. The summed E-state index contributed by atoms with van der Waals surface area (Å²) in [5.41, 5.74) is 2.06. The molecule has 160 valence electrons. The number of nitrogens with one attached hydrogen (secondary N) is 3. The molecule has 0 bridgehead atoms. The maximum atomic E-state index is 9.77. The minimum atomic E-state index is -0.160. The van der Waals surface area contributed by atoms with Crippen molar-refractivity contribution in [3.05, 3.63) is 36.0 Å². The molecule has 0 spiro atoms. The third-order valence-electron chi connectivity index (χ3n) is 5.22. The number of fused-ring (bicyclic) bond motifs is 1. The number of pyridine rings is 2. The molecule has 0 aliphatic heterocycles. The number of hydrogen-bond acceptors (Lipinski definition) is 8. The van der Waals surface area contributed by atoms with Crippen molar-refractivity contribution in [2.75, 3.05) is 17.2 Å². The topological polar surface area (TPSA) is 95.0 Å². The number of anilines is 3. The smallest absolute Gasteiger partial charge is 0.190 e. The number of nitrogens with zero attached hydrogens (tertiary/aromatic N) is 3. The third-order valence-corrected chi connectivity index (χ3v) is 6.11. The van der Waals surface area contributed by atoms with Crippen molar-refractivity contribution in [3.63, 3.8) is 0 Å². The Bertz CT molecular complexity index is 934. The Labute approximate surface area is 181 Å². The van der Waals surface area contributed by atoms with E-state index in [1.165, 1.54) is 16.9 Å². The van der Waals surface area contributed by atoms with E-state index < -0.39 is 0 Å². The van der Waals surface area contributed by atoms with E-state index in [9.17, 15) is 5.11 Å². The molecule has 1 aliphatic carbocycles. The van der Waals surface area contributed by atoms with Crippen molar-refractivity contribution in [1.82, 2.24) is 20.3 Å². The van der Waals surface area contributed by atoms with Crippen molar-refractivity contribution in [3.8, 4) is 0 Å². The molecule has 1 fully saturated rings. The fourth-order valence-electron chi connectivity index (χ4n) is 3.69. The first-order valence-corrected chi connectivity index (χ1v) is 11.5. The highest BCUT2D eigenvalue weighted by molar-refractivity contribution is 7.21. The Balaban J connectivity index is 1.52. The van der Waals surface area contributed by atoms with Gasteiger partial charge in [0.25, 0.3) is 0 Å². The maximum absolute atomic E-state index is 9.77. The summed E-state index contributed by atoms with van der Waals surface area (Å²) in [6.07, 6.45) is 5.24. The van der Waals surface area contributed by atoms with Gasteiger partial charge in [0.15, 0.2) is 5.13 Å². The first-order chi connectivity index (χ1) is 14.5. The fourth-order valence-corrected chi connectivity index (χ4v) is 4.51. The summed E-state index contributed by atoms with van der Waals surface area (Å²) in [6, 6.07) is 8.40. The Kier molecular flexibility index (Phi) is 6.76. The highest BCUT2D eigenvalue weighted by Crippen LogP contribution is 2.28. The zero-order valence-electron chi connectivity index (χ0n) is 17.6. The van der Waals surface area contributed by atoms with Gasteiger partial charge in [0, 0.05) is 18.8 Å². The van der Waals surface area contributed by atoms with Crippen LogP contribution in [0.25, 0.3) is 10.3 Å². The summed E-state index contributed by atoms with van der Waals surface area (Å²) < 4.78 is 0. The summed E-state index contributed by atoms with van der Waals surface area (Å²) >= 11 is 1.52. The van der Waals surface area contributed by atoms with Crippen molar-refractivity contribution in [1.29, 1.82) is 0 Å². The predicted octanol–water partition coefficient (Wildman–Crippen LogP) is 4.29. The van der Waals surface area contributed by atoms with E-state index in [0.29, 0.717) is 12.0 Å². The van der Waals surface area contributed by atoms with Crippen LogP contribution in [0.3, 0.4) is 0 Å². The van der Waals surface area contributed by atoms with E-state index in [1.807, 2.05) is 12.1 Å². The van der Waals surface area contributed by atoms with Gasteiger partial charge < -0.3 is 21.1 Å². The Morgan fingerprint density at radius 1 is 1.13 bits per heavy atom. The van der Waals surface area contributed by atoms with Crippen LogP contribution in [0.15, 0.2) is 30.5 Å². The Hall–Kier alpha value is -2.29. The number of aliphatic hydroxyl groups excluding tert-OH is 1. The molecule has 0 unspecified atom stereocenters. The minimum absolute atomic E-state index is 0.160. The molecule has 3 heterocycles. The van der Waals surface area contributed by atoms with Gasteiger partial charge >= 0.3 is 0 Å². The van der Waals surface area contributed by atoms with Crippen LogP contribution < -0.4 is 16.0 Å². The minimum Gasteiger partial charge on any atom is -0.393 e. The molecule has 30 heavy (non-hydrogen) atoms. The molecule has 3 aromatic heterocycles. The van der Waals surface area contributed by atoms with Crippen LogP contribution >= 0.6 is 11.3 Å². The van der Waals surface area contributed by atoms with E-state index in [2.05, 4.69) is 51.9 Å². The van der Waals surface area contributed by atoms with Gasteiger partial charge in [-0.2, -0.15) is 0 Å². The van der Waals surface area contributed by atoms with Crippen LogP contribution in [-0.4, -0.2) is 38.7 Å². The lowest BCUT2D eigenvalue weighted by Crippen LogP contribution is -2.28. The average molecular weight is 427 g/mol. The number of rotatable bonds is 8. The summed E-state index contributed by atoms with van der Waals surface area (Å²) in [5.74, 6) is 2.24. The largest absolute Gasteiger partial charge is 0.393 e. The van der Waals surface area contributed by atoms with Crippen LogP contribution in [0.4, 0.5) is 16.8 Å². The molecule has 0 saturated heterocycles. The van der Waals surface area contributed by atoms with E-state index in [1.54, 1.807) is 6.20 Å². The molecule has 4 N–H and O–H groups in total. The van der Waals surface area contributed by atoms with Crippen LogP contribution in [0.2, 0.25) is 0 Å². The second-order valence-corrected chi connectivity index (χ2v) is 9.37. The summed E-state index contributed by atoms with van der Waals surface area (Å²) in [5, 5.41) is 21.0. The zero-order chi connectivity index (χ0) is 20.9. The Morgan fingerprint density at radius 3 is 2.70 bits per heavy atom. The number of hydrogen-bond donors (Lipinski definition) is 4. The number of thiazole rings is 1. The van der Waals surface area contributed by atoms with Crippen molar-refractivity contribution in [2.45, 2.75) is 58.2 Å². The highest BCUT2D eigenvalue weighted by Gasteiger charge is 2.20. The molecule has 0 amide bonds. The standard InChI is InChI=1S/C22H30N6OS/c1-14(2)12-23-13-15-10-19(25-16-5-7-17(29)8-6-16)27-20(11-15)28-22-26-18-4-3-9-24-21(18)30-22/h3-4,9-11,14,16-17,23,29H,5-8,12-13H2,1-2H3,(H2,25,26,27,28). The van der Waals surface area contributed by atoms with Gasteiger partial charge in [-0.05, 0) is 68.0 Å². The summed E-state index contributed by atoms with van der Waals surface area (Å²) in [4.78, 5) is 14.7. The van der Waals surface area contributed by atoms with Gasteiger partial charge in [-0.15, -0.1) is 0 Å². The van der Waals surface area contributed by atoms with E-state index in [-0.39, 0.29) is 6.10 Å². The van der Waals surface area contributed by atoms with E-state index >= 15 is 0 Å². The quantitative estimate of drug-likeness (QED) is 0.427. The molecule has 7 nitrogen and oxygen atoms in total. The SMILES string of the molecule is CC(C)CNCc1cc(Nc2nc3cccnc3s2)nc(NC2CCC(O)CC2)c1. The molecule has 3 aromatic rings. The molecule has 1 saturated carbocycles. The lowest BCUT2D eigenvalue weighted by molar-refractivity contribution is 0.126. The number of aromatic nitrogens is 3. The van der Waals surface area contributed by atoms with Gasteiger partial charge in [-0.25, -0.2) is 15.0 Å². The lowest BCUT2D eigenvalue weighted by atomic mass is 9.93.